The van der Waals surface area contributed by atoms with Crippen molar-refractivity contribution >= 4 is 12.0 Å². The molecule has 0 aromatic heterocycles. The number of hydrogen-bond donors (Lipinski definition) is 4. The second-order valence-electron chi connectivity index (χ2n) is 5.34. The van der Waals surface area contributed by atoms with E-state index in [1.165, 1.54) is 12.1 Å². The minimum atomic E-state index is -1.10. The number of aromatic hydroxyl groups is 1. The van der Waals surface area contributed by atoms with Crippen LogP contribution in [0, 0.1) is 5.92 Å². The topological polar surface area (TPSA) is 98.7 Å². The highest BCUT2D eigenvalue weighted by Gasteiger charge is 2.20. The van der Waals surface area contributed by atoms with E-state index in [9.17, 15) is 14.7 Å². The summed E-state index contributed by atoms with van der Waals surface area (Å²) in [6.07, 6.45) is 0.996. The lowest BCUT2D eigenvalue weighted by molar-refractivity contribution is -0.139. The normalized spacial score (nSPS) is 12.0. The summed E-state index contributed by atoms with van der Waals surface area (Å²) < 4.78 is 0. The quantitative estimate of drug-likeness (QED) is 0.615. The number of phenolic OH excluding ortho intramolecular Hbond substituents is 1. The number of hydrogen-bond acceptors (Lipinski definition) is 3. The van der Waals surface area contributed by atoms with Gasteiger partial charge in [-0.3, -0.25) is 0 Å². The SMILES string of the molecule is CC(C)CCNC(=O)N[C@@H](Cc1ccc(O)cc1)C(=O)O. The Morgan fingerprint density at radius 3 is 2.33 bits per heavy atom. The fourth-order valence-electron chi connectivity index (χ4n) is 1.75. The van der Waals surface area contributed by atoms with E-state index in [-0.39, 0.29) is 12.2 Å². The van der Waals surface area contributed by atoms with Crippen molar-refractivity contribution in [1.29, 1.82) is 0 Å². The molecule has 0 radical (unpaired) electrons. The van der Waals surface area contributed by atoms with E-state index in [2.05, 4.69) is 10.6 Å². The van der Waals surface area contributed by atoms with Gasteiger partial charge in [0.25, 0.3) is 0 Å². The molecule has 2 amide bonds. The minimum absolute atomic E-state index is 0.116. The number of phenols is 1. The molecule has 4 N–H and O–H groups in total. The summed E-state index contributed by atoms with van der Waals surface area (Å²) >= 11 is 0. The Bertz CT molecular complexity index is 471. The molecular formula is C15H22N2O4. The van der Waals surface area contributed by atoms with Crippen LogP contribution < -0.4 is 10.6 Å². The third-order valence-corrected chi connectivity index (χ3v) is 2.99. The molecule has 1 aromatic rings. The lowest BCUT2D eigenvalue weighted by Crippen LogP contribution is -2.47. The van der Waals surface area contributed by atoms with Crippen LogP contribution in [0.5, 0.6) is 5.75 Å². The smallest absolute Gasteiger partial charge is 0.326 e. The maximum Gasteiger partial charge on any atom is 0.326 e. The molecule has 21 heavy (non-hydrogen) atoms. The van der Waals surface area contributed by atoms with Gasteiger partial charge in [-0.05, 0) is 30.0 Å². The van der Waals surface area contributed by atoms with Gasteiger partial charge in [-0.25, -0.2) is 9.59 Å². The summed E-state index contributed by atoms with van der Waals surface area (Å²) in [5, 5.41) is 23.4. The number of amides is 2. The summed E-state index contributed by atoms with van der Waals surface area (Å²) in [5.41, 5.74) is 0.725. The van der Waals surface area contributed by atoms with Crippen LogP contribution in [0.2, 0.25) is 0 Å². The number of urea groups is 1. The van der Waals surface area contributed by atoms with Crippen LogP contribution in [0.4, 0.5) is 4.79 Å². The van der Waals surface area contributed by atoms with Gasteiger partial charge in [0.05, 0.1) is 0 Å². The number of rotatable bonds is 7. The fourth-order valence-corrected chi connectivity index (χ4v) is 1.75. The highest BCUT2D eigenvalue weighted by molar-refractivity contribution is 5.82. The zero-order valence-corrected chi connectivity index (χ0v) is 12.3. The summed E-state index contributed by atoms with van der Waals surface area (Å²) in [6.45, 7) is 4.60. The first kappa shape index (κ1) is 16.8. The van der Waals surface area contributed by atoms with Gasteiger partial charge < -0.3 is 20.8 Å². The molecule has 6 nitrogen and oxygen atoms in total. The van der Waals surface area contributed by atoms with Crippen LogP contribution in [0.25, 0.3) is 0 Å². The number of carboxylic acids is 1. The van der Waals surface area contributed by atoms with E-state index < -0.39 is 18.0 Å². The molecule has 0 aliphatic heterocycles. The number of carboxylic acid groups (broad SMARTS) is 1. The Morgan fingerprint density at radius 1 is 1.19 bits per heavy atom. The Balaban J connectivity index is 2.51. The maximum atomic E-state index is 11.7. The molecule has 0 saturated carbocycles. The van der Waals surface area contributed by atoms with E-state index in [0.717, 1.165) is 12.0 Å². The lowest BCUT2D eigenvalue weighted by atomic mass is 10.1. The van der Waals surface area contributed by atoms with Crippen molar-refractivity contribution in [3.63, 3.8) is 0 Å². The molecule has 0 unspecified atom stereocenters. The van der Waals surface area contributed by atoms with Gasteiger partial charge in [-0.1, -0.05) is 26.0 Å². The van der Waals surface area contributed by atoms with Crippen LogP contribution in [0.3, 0.4) is 0 Å². The highest BCUT2D eigenvalue weighted by Crippen LogP contribution is 2.11. The van der Waals surface area contributed by atoms with Crippen molar-refractivity contribution in [3.05, 3.63) is 29.8 Å². The van der Waals surface area contributed by atoms with Crippen LogP contribution in [-0.4, -0.2) is 34.8 Å². The van der Waals surface area contributed by atoms with Gasteiger partial charge in [-0.2, -0.15) is 0 Å². The number of aliphatic carboxylic acids is 1. The molecule has 0 aliphatic carbocycles. The van der Waals surface area contributed by atoms with Gasteiger partial charge in [0.1, 0.15) is 11.8 Å². The third-order valence-electron chi connectivity index (χ3n) is 2.99. The highest BCUT2D eigenvalue weighted by atomic mass is 16.4. The molecule has 1 aromatic carbocycles. The van der Waals surface area contributed by atoms with Crippen molar-refractivity contribution in [2.75, 3.05) is 6.54 Å². The zero-order chi connectivity index (χ0) is 15.8. The van der Waals surface area contributed by atoms with Crippen molar-refractivity contribution in [3.8, 4) is 5.75 Å². The molecule has 1 rings (SSSR count). The van der Waals surface area contributed by atoms with Crippen LogP contribution in [0.15, 0.2) is 24.3 Å². The van der Waals surface area contributed by atoms with Crippen molar-refractivity contribution in [2.24, 2.45) is 5.92 Å². The van der Waals surface area contributed by atoms with Crippen molar-refractivity contribution < 1.29 is 19.8 Å². The molecule has 0 fully saturated rings. The van der Waals surface area contributed by atoms with E-state index in [1.54, 1.807) is 12.1 Å². The first-order valence-corrected chi connectivity index (χ1v) is 6.93. The molecule has 1 atom stereocenters. The number of carbonyl (C=O) groups excluding carboxylic acids is 1. The van der Waals surface area contributed by atoms with E-state index >= 15 is 0 Å². The molecule has 0 aliphatic rings. The van der Waals surface area contributed by atoms with Crippen LogP contribution in [0.1, 0.15) is 25.8 Å². The monoisotopic (exact) mass is 294 g/mol. The number of benzene rings is 1. The molecular weight excluding hydrogens is 272 g/mol. The van der Waals surface area contributed by atoms with Crippen molar-refractivity contribution in [1.82, 2.24) is 10.6 Å². The predicted octanol–water partition coefficient (Wildman–Crippen LogP) is 1.73. The van der Waals surface area contributed by atoms with Gasteiger partial charge in [0, 0.05) is 13.0 Å². The van der Waals surface area contributed by atoms with E-state index in [4.69, 9.17) is 5.11 Å². The van der Waals surface area contributed by atoms with E-state index in [1.807, 2.05) is 13.8 Å². The Hall–Kier alpha value is -2.24. The summed E-state index contributed by atoms with van der Waals surface area (Å²) in [6, 6.07) is 4.73. The third kappa shape index (κ3) is 6.65. The second kappa shape index (κ2) is 8.14. The van der Waals surface area contributed by atoms with E-state index in [0.29, 0.717) is 12.5 Å². The number of carbonyl (C=O) groups is 2. The average molecular weight is 294 g/mol. The first-order valence-electron chi connectivity index (χ1n) is 6.93. The largest absolute Gasteiger partial charge is 0.508 e. The molecule has 116 valence electrons. The molecule has 0 heterocycles. The standard InChI is InChI=1S/C15H22N2O4/c1-10(2)7-8-16-15(21)17-13(14(19)20)9-11-3-5-12(18)6-4-11/h3-6,10,13,18H,7-9H2,1-2H3,(H,19,20)(H2,16,17,21)/t13-/m0/s1. The summed E-state index contributed by atoms with van der Waals surface area (Å²) in [7, 11) is 0. The van der Waals surface area contributed by atoms with Gasteiger partial charge in [0.15, 0.2) is 0 Å². The maximum absolute atomic E-state index is 11.7. The molecule has 0 spiro atoms. The lowest BCUT2D eigenvalue weighted by Gasteiger charge is -2.15. The van der Waals surface area contributed by atoms with Crippen LogP contribution >= 0.6 is 0 Å². The summed E-state index contributed by atoms with van der Waals surface area (Å²) in [5.74, 6) is -0.510. The van der Waals surface area contributed by atoms with Crippen LogP contribution in [-0.2, 0) is 11.2 Å². The average Bonchev–Trinajstić information content (AvgIpc) is 2.40. The van der Waals surface area contributed by atoms with Gasteiger partial charge in [-0.15, -0.1) is 0 Å². The second-order valence-corrected chi connectivity index (χ2v) is 5.34. The molecule has 0 saturated heterocycles. The Kier molecular flexibility index (Phi) is 6.52. The zero-order valence-electron chi connectivity index (χ0n) is 12.3. The fraction of sp³-hybridized carbons (Fsp3) is 0.467. The van der Waals surface area contributed by atoms with Crippen molar-refractivity contribution in [2.45, 2.75) is 32.7 Å². The molecule has 0 bridgehead atoms. The summed E-state index contributed by atoms with van der Waals surface area (Å²) in [4.78, 5) is 22.9. The Morgan fingerprint density at radius 2 is 1.81 bits per heavy atom. The minimum Gasteiger partial charge on any atom is -0.508 e. The predicted molar refractivity (Wildman–Crippen MR) is 79.2 cm³/mol. The Labute approximate surface area is 124 Å². The van der Waals surface area contributed by atoms with Gasteiger partial charge in [0.2, 0.25) is 0 Å². The first-order chi connectivity index (χ1) is 9.88. The molecule has 6 heteroatoms. The number of nitrogens with one attached hydrogen (secondary N) is 2. The van der Waals surface area contributed by atoms with Gasteiger partial charge >= 0.3 is 12.0 Å².